The van der Waals surface area contributed by atoms with Crippen LogP contribution in [0.1, 0.15) is 32.0 Å². The highest BCUT2D eigenvalue weighted by Gasteiger charge is 2.28. The number of imidazole rings is 1. The highest BCUT2D eigenvalue weighted by atomic mass is 79.9. The summed E-state index contributed by atoms with van der Waals surface area (Å²) in [6, 6.07) is 16.6. The van der Waals surface area contributed by atoms with Crippen molar-refractivity contribution in [1.29, 1.82) is 0 Å². The molecule has 0 bridgehead atoms. The second kappa shape index (κ2) is 9.31. The summed E-state index contributed by atoms with van der Waals surface area (Å²) >= 11 is 3.53. The molecule has 0 spiro atoms. The van der Waals surface area contributed by atoms with E-state index in [9.17, 15) is 4.79 Å². The van der Waals surface area contributed by atoms with Gasteiger partial charge < -0.3 is 4.90 Å². The number of carbonyl (C=O) groups excluding carboxylic acids is 1. The van der Waals surface area contributed by atoms with Gasteiger partial charge in [-0.15, -0.1) is 0 Å². The molecule has 1 atom stereocenters. The molecule has 3 aromatic rings. The molecule has 0 radical (unpaired) electrons. The van der Waals surface area contributed by atoms with Gasteiger partial charge in [-0.2, -0.15) is 0 Å². The number of fused-ring (bicyclic) bond motifs is 1. The molecule has 5 nitrogen and oxygen atoms in total. The molecule has 1 aliphatic rings. The first-order valence-corrected chi connectivity index (χ1v) is 11.6. The summed E-state index contributed by atoms with van der Waals surface area (Å²) in [6.45, 7) is 5.49. The van der Waals surface area contributed by atoms with Gasteiger partial charge in [-0.05, 0) is 62.2 Å². The van der Waals surface area contributed by atoms with E-state index in [4.69, 9.17) is 4.98 Å². The Bertz CT molecular complexity index is 1010. The van der Waals surface area contributed by atoms with Crippen LogP contribution in [0.5, 0.6) is 0 Å². The van der Waals surface area contributed by atoms with E-state index < -0.39 is 0 Å². The lowest BCUT2D eigenvalue weighted by molar-refractivity contribution is -0.136. The Kier molecular flexibility index (Phi) is 6.54. The Morgan fingerprint density at radius 3 is 2.73 bits per heavy atom. The van der Waals surface area contributed by atoms with E-state index in [0.717, 1.165) is 72.5 Å². The normalized spacial score (nSPS) is 17.4. The fourth-order valence-corrected chi connectivity index (χ4v) is 4.68. The molecule has 2 heterocycles. The van der Waals surface area contributed by atoms with E-state index >= 15 is 0 Å². The van der Waals surface area contributed by atoms with Crippen LogP contribution in [0.25, 0.3) is 16.7 Å². The molecule has 30 heavy (non-hydrogen) atoms. The Hall–Kier alpha value is -2.18. The minimum absolute atomic E-state index is 0.0841. The number of rotatable bonds is 6. The third-order valence-electron chi connectivity index (χ3n) is 5.87. The van der Waals surface area contributed by atoms with Gasteiger partial charge in [0.2, 0.25) is 5.91 Å². The maximum absolute atomic E-state index is 12.8. The van der Waals surface area contributed by atoms with Crippen molar-refractivity contribution in [3.63, 3.8) is 0 Å². The van der Waals surface area contributed by atoms with Crippen LogP contribution in [0, 0.1) is 5.92 Å². The molecule has 0 N–H and O–H groups in total. The molecule has 1 fully saturated rings. The smallest absolute Gasteiger partial charge is 0.226 e. The molecule has 4 rings (SSSR count). The second-order valence-corrected chi connectivity index (χ2v) is 9.08. The Labute approximate surface area is 186 Å². The number of hydrogen-bond donors (Lipinski definition) is 0. The first kappa shape index (κ1) is 21.1. The van der Waals surface area contributed by atoms with Crippen LogP contribution in [0.4, 0.5) is 0 Å². The first-order valence-electron chi connectivity index (χ1n) is 10.8. The molecule has 0 saturated carbocycles. The molecule has 1 aliphatic heterocycles. The Morgan fingerprint density at radius 2 is 1.97 bits per heavy atom. The molecule has 6 heteroatoms. The molecule has 1 aromatic heterocycles. The standard InChI is InChI=1S/C24H29BrN4O/c1-3-14-27(2)24(30)18-7-6-15-28(16-18)17-23-26-21-8-4-5-9-22(21)29(23)20-12-10-19(25)11-13-20/h4-5,8-13,18H,3,6-7,14-17H2,1-2H3/t18-/m1/s1. The predicted molar refractivity (Wildman–Crippen MR) is 125 cm³/mol. The number of aromatic nitrogens is 2. The van der Waals surface area contributed by atoms with Crippen molar-refractivity contribution in [2.24, 2.45) is 5.92 Å². The van der Waals surface area contributed by atoms with Crippen molar-refractivity contribution in [3.8, 4) is 5.69 Å². The number of nitrogens with zero attached hydrogens (tertiary/aromatic N) is 4. The summed E-state index contributed by atoms with van der Waals surface area (Å²) in [5.41, 5.74) is 3.22. The van der Waals surface area contributed by atoms with E-state index in [2.05, 4.69) is 74.8 Å². The van der Waals surface area contributed by atoms with Crippen LogP contribution in [0.15, 0.2) is 53.0 Å². The molecule has 1 saturated heterocycles. The van der Waals surface area contributed by atoms with Gasteiger partial charge in [0.25, 0.3) is 0 Å². The van der Waals surface area contributed by atoms with Crippen molar-refractivity contribution in [1.82, 2.24) is 19.4 Å². The summed E-state index contributed by atoms with van der Waals surface area (Å²) < 4.78 is 3.31. The van der Waals surface area contributed by atoms with Gasteiger partial charge >= 0.3 is 0 Å². The highest BCUT2D eigenvalue weighted by Crippen LogP contribution is 2.26. The second-order valence-electron chi connectivity index (χ2n) is 8.16. The average Bonchev–Trinajstić information content (AvgIpc) is 3.12. The van der Waals surface area contributed by atoms with Gasteiger partial charge in [0.15, 0.2) is 0 Å². The fraction of sp³-hybridized carbons (Fsp3) is 0.417. The van der Waals surface area contributed by atoms with E-state index in [0.29, 0.717) is 0 Å². The number of carbonyl (C=O) groups is 1. The minimum atomic E-state index is 0.0841. The van der Waals surface area contributed by atoms with Crippen LogP contribution in [-0.4, -0.2) is 51.9 Å². The maximum Gasteiger partial charge on any atom is 0.226 e. The van der Waals surface area contributed by atoms with E-state index in [1.165, 1.54) is 0 Å². The third kappa shape index (κ3) is 4.44. The zero-order chi connectivity index (χ0) is 21.1. The van der Waals surface area contributed by atoms with Crippen LogP contribution in [-0.2, 0) is 11.3 Å². The Morgan fingerprint density at radius 1 is 1.20 bits per heavy atom. The minimum Gasteiger partial charge on any atom is -0.345 e. The van der Waals surface area contributed by atoms with Crippen molar-refractivity contribution in [2.45, 2.75) is 32.7 Å². The van der Waals surface area contributed by atoms with E-state index in [1.807, 2.05) is 18.0 Å². The molecule has 158 valence electrons. The largest absolute Gasteiger partial charge is 0.345 e. The van der Waals surface area contributed by atoms with Gasteiger partial charge in [0.1, 0.15) is 5.82 Å². The fourth-order valence-electron chi connectivity index (χ4n) is 4.42. The zero-order valence-corrected chi connectivity index (χ0v) is 19.3. The maximum atomic E-state index is 12.8. The van der Waals surface area contributed by atoms with Crippen LogP contribution < -0.4 is 0 Å². The van der Waals surface area contributed by atoms with E-state index in [1.54, 1.807) is 0 Å². The zero-order valence-electron chi connectivity index (χ0n) is 17.7. The molecule has 0 aliphatic carbocycles. The number of halogens is 1. The summed E-state index contributed by atoms with van der Waals surface area (Å²) in [5, 5.41) is 0. The van der Waals surface area contributed by atoms with Crippen LogP contribution in [0.2, 0.25) is 0 Å². The van der Waals surface area contributed by atoms with Crippen molar-refractivity contribution in [3.05, 3.63) is 58.8 Å². The number of para-hydroxylation sites is 2. The molecular weight excluding hydrogens is 440 g/mol. The van der Waals surface area contributed by atoms with E-state index in [-0.39, 0.29) is 11.8 Å². The van der Waals surface area contributed by atoms with Crippen molar-refractivity contribution in [2.75, 3.05) is 26.7 Å². The summed E-state index contributed by atoms with van der Waals surface area (Å²) in [5.74, 6) is 1.39. The lowest BCUT2D eigenvalue weighted by atomic mass is 9.96. The quantitative estimate of drug-likeness (QED) is 0.518. The van der Waals surface area contributed by atoms with Crippen molar-refractivity contribution < 1.29 is 4.79 Å². The molecule has 2 aromatic carbocycles. The van der Waals surface area contributed by atoms with Gasteiger partial charge in [-0.25, -0.2) is 4.98 Å². The predicted octanol–water partition coefficient (Wildman–Crippen LogP) is 4.87. The SMILES string of the molecule is CCCN(C)C(=O)[C@@H]1CCCN(Cc2nc3ccccc3n2-c2ccc(Br)cc2)C1. The number of benzene rings is 2. The summed E-state index contributed by atoms with van der Waals surface area (Å²) in [6.07, 6.45) is 3.03. The Balaban J connectivity index is 1.60. The van der Waals surface area contributed by atoms with Crippen LogP contribution in [0.3, 0.4) is 0 Å². The summed E-state index contributed by atoms with van der Waals surface area (Å²) in [7, 11) is 1.93. The molecule has 0 unspecified atom stereocenters. The van der Waals surface area contributed by atoms with Crippen molar-refractivity contribution >= 4 is 32.9 Å². The highest BCUT2D eigenvalue weighted by molar-refractivity contribution is 9.10. The lowest BCUT2D eigenvalue weighted by Crippen LogP contribution is -2.43. The van der Waals surface area contributed by atoms with Gasteiger partial charge in [-0.3, -0.25) is 14.3 Å². The first-order chi connectivity index (χ1) is 14.6. The number of amides is 1. The number of likely N-dealkylation sites (tertiary alicyclic amines) is 1. The monoisotopic (exact) mass is 468 g/mol. The lowest BCUT2D eigenvalue weighted by Gasteiger charge is -2.33. The number of piperidine rings is 1. The third-order valence-corrected chi connectivity index (χ3v) is 6.40. The molecule has 1 amide bonds. The molecular formula is C24H29BrN4O. The average molecular weight is 469 g/mol. The van der Waals surface area contributed by atoms with Gasteiger partial charge in [0.05, 0.1) is 23.5 Å². The van der Waals surface area contributed by atoms with Gasteiger partial charge in [0, 0.05) is 30.3 Å². The van der Waals surface area contributed by atoms with Gasteiger partial charge in [-0.1, -0.05) is 35.0 Å². The topological polar surface area (TPSA) is 41.4 Å². The number of hydrogen-bond acceptors (Lipinski definition) is 3. The summed E-state index contributed by atoms with van der Waals surface area (Å²) in [4.78, 5) is 22.1. The van der Waals surface area contributed by atoms with Crippen LogP contribution >= 0.6 is 15.9 Å².